The Kier molecular flexibility index (Phi) is 2.93. The van der Waals surface area contributed by atoms with E-state index in [1.807, 2.05) is 0 Å². The Balaban J connectivity index is 2.35. The zero-order chi connectivity index (χ0) is 13.4. The molecule has 0 amide bonds. The number of allylic oxidation sites excluding steroid dienone is 4. The molecule has 94 valence electrons. The average molecular weight is 248 g/mol. The third-order valence-corrected chi connectivity index (χ3v) is 3.15. The molecule has 0 radical (unpaired) electrons. The zero-order valence-electron chi connectivity index (χ0n) is 10.3. The van der Waals surface area contributed by atoms with Crippen molar-refractivity contribution >= 4 is 5.78 Å². The van der Waals surface area contributed by atoms with Crippen molar-refractivity contribution in [2.45, 2.75) is 19.8 Å². The summed E-state index contributed by atoms with van der Waals surface area (Å²) >= 11 is 0. The number of Topliss-reactive ketones (excluding diaryl/α,β-unsaturated/α-hetero) is 1. The molecule has 2 rings (SSSR count). The second-order valence-electron chi connectivity index (χ2n) is 4.97. The molecule has 1 aliphatic rings. The quantitative estimate of drug-likeness (QED) is 0.722. The molecule has 3 heteroatoms. The predicted molar refractivity (Wildman–Crippen MR) is 66.7 cm³/mol. The topological polar surface area (TPSA) is 17.1 Å². The van der Waals surface area contributed by atoms with Gasteiger partial charge < -0.3 is 0 Å². The van der Waals surface area contributed by atoms with Crippen molar-refractivity contribution in [1.29, 1.82) is 0 Å². The number of alkyl halides is 2. The normalized spacial score (nSPS) is 20.3. The van der Waals surface area contributed by atoms with Crippen LogP contribution in [-0.4, -0.2) is 11.7 Å². The van der Waals surface area contributed by atoms with E-state index in [4.69, 9.17) is 0 Å². The highest BCUT2D eigenvalue weighted by Gasteiger charge is 2.45. The van der Waals surface area contributed by atoms with Crippen LogP contribution < -0.4 is 0 Å². The molecular formula is C15H14F2O. The number of benzene rings is 1. The van der Waals surface area contributed by atoms with Crippen LogP contribution in [0.3, 0.4) is 0 Å². The van der Waals surface area contributed by atoms with Gasteiger partial charge in [-0.1, -0.05) is 50.3 Å². The van der Waals surface area contributed by atoms with Crippen LogP contribution in [0.25, 0.3) is 0 Å². The van der Waals surface area contributed by atoms with Crippen molar-refractivity contribution < 1.29 is 13.6 Å². The first-order valence-electron chi connectivity index (χ1n) is 5.73. The molecule has 1 aromatic carbocycles. The van der Waals surface area contributed by atoms with Gasteiger partial charge >= 0.3 is 0 Å². The van der Waals surface area contributed by atoms with E-state index in [-0.39, 0.29) is 5.78 Å². The summed E-state index contributed by atoms with van der Waals surface area (Å²) in [6.07, 6.45) is 3.37. The molecule has 0 N–H and O–H groups in total. The summed E-state index contributed by atoms with van der Waals surface area (Å²) in [6.45, 7) is 2.85. The highest BCUT2D eigenvalue weighted by Crippen LogP contribution is 2.42. The number of carbonyl (C=O) groups excluding carboxylic acids is 1. The lowest BCUT2D eigenvalue weighted by atomic mass is 9.78. The molecule has 1 aromatic rings. The molecule has 18 heavy (non-hydrogen) atoms. The number of carbonyl (C=O) groups is 1. The van der Waals surface area contributed by atoms with E-state index in [1.165, 1.54) is 26.0 Å². The maximum atomic E-state index is 13.6. The van der Waals surface area contributed by atoms with Crippen LogP contribution in [-0.2, 0) is 0 Å². The molecule has 0 bridgehead atoms. The number of hydrogen-bond acceptors (Lipinski definition) is 1. The van der Waals surface area contributed by atoms with Crippen LogP contribution in [0.2, 0.25) is 0 Å². The second-order valence-corrected chi connectivity index (χ2v) is 4.97. The largest absolute Gasteiger partial charge is 0.289 e. The fraction of sp³-hybridized carbons (Fsp3) is 0.267. The Morgan fingerprint density at radius 2 is 1.72 bits per heavy atom. The Morgan fingerprint density at radius 1 is 1.11 bits per heavy atom. The van der Waals surface area contributed by atoms with Crippen molar-refractivity contribution in [3.05, 3.63) is 59.7 Å². The molecule has 0 atom stereocenters. The van der Waals surface area contributed by atoms with Gasteiger partial charge in [0.25, 0.3) is 5.92 Å². The monoisotopic (exact) mass is 248 g/mol. The molecule has 0 heterocycles. The van der Waals surface area contributed by atoms with Gasteiger partial charge in [0.1, 0.15) is 0 Å². The third-order valence-electron chi connectivity index (χ3n) is 3.15. The zero-order valence-corrected chi connectivity index (χ0v) is 10.3. The van der Waals surface area contributed by atoms with Gasteiger partial charge in [-0.3, -0.25) is 4.79 Å². The van der Waals surface area contributed by atoms with Crippen LogP contribution in [0, 0.1) is 5.41 Å². The minimum absolute atomic E-state index is 0.226. The van der Waals surface area contributed by atoms with Gasteiger partial charge in [-0.2, -0.15) is 0 Å². The van der Waals surface area contributed by atoms with E-state index in [1.54, 1.807) is 30.3 Å². The molecule has 0 aromatic heterocycles. The van der Waals surface area contributed by atoms with Gasteiger partial charge in [0.05, 0.1) is 5.41 Å². The van der Waals surface area contributed by atoms with Crippen molar-refractivity contribution in [2.75, 3.05) is 0 Å². The summed E-state index contributed by atoms with van der Waals surface area (Å²) < 4.78 is 27.2. The summed E-state index contributed by atoms with van der Waals surface area (Å²) in [5.74, 6) is -3.15. The number of ketones is 1. The minimum atomic E-state index is -2.92. The first kappa shape index (κ1) is 12.7. The highest BCUT2D eigenvalue weighted by molar-refractivity contribution is 6.10. The second kappa shape index (κ2) is 4.16. The smallest absolute Gasteiger partial charge is 0.275 e. The Hall–Kier alpha value is -1.77. The van der Waals surface area contributed by atoms with Crippen molar-refractivity contribution in [1.82, 2.24) is 0 Å². The summed E-state index contributed by atoms with van der Waals surface area (Å²) in [4.78, 5) is 12.1. The van der Waals surface area contributed by atoms with Gasteiger partial charge in [-0.05, 0) is 12.2 Å². The predicted octanol–water partition coefficient (Wildman–Crippen LogP) is 4.03. The summed E-state index contributed by atoms with van der Waals surface area (Å²) in [7, 11) is 0. The fourth-order valence-corrected chi connectivity index (χ4v) is 1.84. The van der Waals surface area contributed by atoms with Gasteiger partial charge in [-0.25, -0.2) is 8.78 Å². The van der Waals surface area contributed by atoms with Crippen LogP contribution in [0.15, 0.2) is 54.1 Å². The average Bonchev–Trinajstić information content (AvgIpc) is 2.33. The van der Waals surface area contributed by atoms with E-state index in [0.717, 1.165) is 6.08 Å². The van der Waals surface area contributed by atoms with Gasteiger partial charge in [0.15, 0.2) is 5.78 Å². The van der Waals surface area contributed by atoms with Gasteiger partial charge in [0.2, 0.25) is 0 Å². The lowest BCUT2D eigenvalue weighted by molar-refractivity contribution is -0.0359. The molecule has 0 unspecified atom stereocenters. The van der Waals surface area contributed by atoms with E-state index >= 15 is 0 Å². The van der Waals surface area contributed by atoms with E-state index in [9.17, 15) is 13.6 Å². The molecule has 0 saturated heterocycles. The number of rotatable bonds is 2. The van der Waals surface area contributed by atoms with Crippen LogP contribution in [0.5, 0.6) is 0 Å². The van der Waals surface area contributed by atoms with Gasteiger partial charge in [0, 0.05) is 11.1 Å². The minimum Gasteiger partial charge on any atom is -0.289 e. The van der Waals surface area contributed by atoms with Crippen molar-refractivity contribution in [3.8, 4) is 0 Å². The first-order chi connectivity index (χ1) is 8.33. The highest BCUT2D eigenvalue weighted by atomic mass is 19.3. The Labute approximate surface area is 105 Å². The summed E-state index contributed by atoms with van der Waals surface area (Å²) in [5.41, 5.74) is -0.520. The maximum absolute atomic E-state index is 13.6. The molecule has 0 aliphatic heterocycles. The van der Waals surface area contributed by atoms with E-state index in [2.05, 4.69) is 0 Å². The van der Waals surface area contributed by atoms with Crippen molar-refractivity contribution in [2.24, 2.45) is 5.41 Å². The molecular weight excluding hydrogens is 234 g/mol. The fourth-order valence-electron chi connectivity index (χ4n) is 1.84. The van der Waals surface area contributed by atoms with Crippen LogP contribution >= 0.6 is 0 Å². The summed E-state index contributed by atoms with van der Waals surface area (Å²) in [6, 6.07) is 8.66. The number of hydrogen-bond donors (Lipinski definition) is 0. The SMILES string of the molecule is CC1(C)C=C(C(=O)c2ccccc2)C=CC1(F)F. The van der Waals surface area contributed by atoms with Crippen LogP contribution in [0.1, 0.15) is 24.2 Å². The molecule has 0 fully saturated rings. The third kappa shape index (κ3) is 2.13. The van der Waals surface area contributed by atoms with Gasteiger partial charge in [-0.15, -0.1) is 0 Å². The Bertz CT molecular complexity index is 525. The first-order valence-corrected chi connectivity index (χ1v) is 5.73. The van der Waals surface area contributed by atoms with E-state index in [0.29, 0.717) is 11.1 Å². The van der Waals surface area contributed by atoms with Crippen LogP contribution in [0.4, 0.5) is 8.78 Å². The Morgan fingerprint density at radius 3 is 2.28 bits per heavy atom. The molecule has 0 saturated carbocycles. The number of halogens is 2. The lowest BCUT2D eigenvalue weighted by Crippen LogP contribution is -2.35. The lowest BCUT2D eigenvalue weighted by Gasteiger charge is -2.32. The molecule has 0 spiro atoms. The molecule has 1 nitrogen and oxygen atoms in total. The van der Waals surface area contributed by atoms with Crippen molar-refractivity contribution in [3.63, 3.8) is 0 Å². The van der Waals surface area contributed by atoms with E-state index < -0.39 is 11.3 Å². The maximum Gasteiger partial charge on any atom is 0.275 e. The summed E-state index contributed by atoms with van der Waals surface area (Å²) in [5, 5.41) is 0. The standard InChI is InChI=1S/C15H14F2O/c1-14(2)10-12(8-9-15(14,16)17)13(18)11-6-4-3-5-7-11/h3-10H,1-2H3. The molecule has 1 aliphatic carbocycles.